The zero-order valence-electron chi connectivity index (χ0n) is 21.7. The minimum atomic E-state index is -0.867. The third-order valence-electron chi connectivity index (χ3n) is 4.51. The van der Waals surface area contributed by atoms with Gasteiger partial charge in [-0.1, -0.05) is 24.3 Å². The predicted molar refractivity (Wildman–Crippen MR) is 144 cm³/mol. The van der Waals surface area contributed by atoms with E-state index in [1.807, 2.05) is 22.6 Å². The van der Waals surface area contributed by atoms with Gasteiger partial charge < -0.3 is 14.2 Å². The number of amides is 2. The fraction of sp³-hybridized carbons (Fsp3) is 0.462. The molecule has 0 aliphatic rings. The van der Waals surface area contributed by atoms with Crippen LogP contribution in [0.2, 0.25) is 0 Å². The van der Waals surface area contributed by atoms with E-state index in [1.54, 1.807) is 72.7 Å². The molecule has 0 saturated carbocycles. The van der Waals surface area contributed by atoms with Crippen molar-refractivity contribution < 1.29 is 33.4 Å². The molecule has 0 atom stereocenters. The molecule has 9 nitrogen and oxygen atoms in total. The van der Waals surface area contributed by atoms with Gasteiger partial charge in [0.15, 0.2) is 0 Å². The molecule has 2 aromatic rings. The van der Waals surface area contributed by atoms with Gasteiger partial charge in [0.25, 0.3) is 5.91 Å². The Balaban J connectivity index is 2.55. The lowest BCUT2D eigenvalue weighted by Gasteiger charge is -2.26. The number of nitrogens with zero attached hydrogens (tertiary/aromatic N) is 2. The molecule has 0 fully saturated rings. The molecule has 0 aliphatic heterocycles. The Kier molecular flexibility index (Phi) is 9.70. The van der Waals surface area contributed by atoms with Crippen LogP contribution in [0, 0.1) is 3.57 Å². The first-order valence-corrected chi connectivity index (χ1v) is 12.6. The molecule has 36 heavy (non-hydrogen) atoms. The van der Waals surface area contributed by atoms with Crippen molar-refractivity contribution in [3.63, 3.8) is 0 Å². The normalized spacial score (nSPS) is 12.0. The molecule has 0 unspecified atom stereocenters. The van der Waals surface area contributed by atoms with E-state index in [4.69, 9.17) is 14.2 Å². The van der Waals surface area contributed by atoms with Crippen molar-refractivity contribution in [1.82, 2.24) is 9.47 Å². The summed E-state index contributed by atoms with van der Waals surface area (Å²) in [5, 5.41) is 0.665. The summed E-state index contributed by atoms with van der Waals surface area (Å²) in [7, 11) is 0. The second kappa shape index (κ2) is 11.9. The molecule has 10 heteroatoms. The van der Waals surface area contributed by atoms with Gasteiger partial charge in [-0.2, -0.15) is 0 Å². The monoisotopic (exact) mass is 612 g/mol. The average Bonchev–Trinajstić information content (AvgIpc) is 3.04. The molecule has 0 aliphatic carbocycles. The topological polar surface area (TPSA) is 104 Å². The first-order valence-electron chi connectivity index (χ1n) is 11.6. The summed E-state index contributed by atoms with van der Waals surface area (Å²) in [6.07, 6.45) is 1.32. The molecule has 0 radical (unpaired) electrons. The van der Waals surface area contributed by atoms with Crippen LogP contribution in [0.4, 0.5) is 9.59 Å². The van der Waals surface area contributed by atoms with Crippen LogP contribution in [0.1, 0.15) is 65.4 Å². The number of imide groups is 1. The summed E-state index contributed by atoms with van der Waals surface area (Å²) in [6.45, 7) is 12.1. The van der Waals surface area contributed by atoms with Crippen molar-refractivity contribution >= 4 is 57.6 Å². The maximum absolute atomic E-state index is 13.9. The second-order valence-corrected chi connectivity index (χ2v) is 11.0. The average molecular weight is 612 g/mol. The van der Waals surface area contributed by atoms with Gasteiger partial charge in [0.2, 0.25) is 0 Å². The summed E-state index contributed by atoms with van der Waals surface area (Å²) in [5.41, 5.74) is -1.20. The summed E-state index contributed by atoms with van der Waals surface area (Å²) >= 11 is 1.99. The lowest BCUT2D eigenvalue weighted by atomic mass is 10.2. The summed E-state index contributed by atoms with van der Waals surface area (Å²) in [4.78, 5) is 52.7. The van der Waals surface area contributed by atoms with Gasteiger partial charge in [-0.05, 0) is 83.5 Å². The number of esters is 1. The summed E-state index contributed by atoms with van der Waals surface area (Å²) in [5.74, 6) is -1.24. The van der Waals surface area contributed by atoms with E-state index in [2.05, 4.69) is 0 Å². The lowest BCUT2D eigenvalue weighted by Crippen LogP contribution is -2.43. The van der Waals surface area contributed by atoms with E-state index in [1.165, 1.54) is 16.7 Å². The molecule has 1 heterocycles. The number of hydrogen-bond acceptors (Lipinski definition) is 7. The van der Waals surface area contributed by atoms with Crippen molar-refractivity contribution in [2.75, 3.05) is 13.2 Å². The Bertz CT molecular complexity index is 1170. The molecular weight excluding hydrogens is 579 g/mol. The van der Waals surface area contributed by atoms with Crippen molar-refractivity contribution in [1.29, 1.82) is 0 Å². The number of benzene rings is 1. The molecule has 1 aromatic heterocycles. The smallest absolute Gasteiger partial charge is 0.419 e. The van der Waals surface area contributed by atoms with Crippen LogP contribution in [0.3, 0.4) is 0 Å². The Labute approximate surface area is 224 Å². The molecule has 0 saturated heterocycles. The number of fused-ring (bicyclic) bond motifs is 1. The van der Waals surface area contributed by atoms with Crippen LogP contribution >= 0.6 is 22.6 Å². The Morgan fingerprint density at radius 2 is 1.61 bits per heavy atom. The van der Waals surface area contributed by atoms with E-state index in [0.717, 1.165) is 4.90 Å². The van der Waals surface area contributed by atoms with Crippen LogP contribution < -0.4 is 0 Å². The van der Waals surface area contributed by atoms with Gasteiger partial charge in [0.05, 0.1) is 15.7 Å². The van der Waals surface area contributed by atoms with Crippen molar-refractivity contribution in [2.24, 2.45) is 0 Å². The number of ether oxygens (including phenoxy) is 3. The Morgan fingerprint density at radius 1 is 1.00 bits per heavy atom. The fourth-order valence-corrected chi connectivity index (χ4v) is 4.11. The maximum Gasteiger partial charge on any atom is 0.419 e. The highest BCUT2D eigenvalue weighted by Crippen LogP contribution is 2.30. The van der Waals surface area contributed by atoms with Crippen molar-refractivity contribution in [2.45, 2.75) is 66.1 Å². The van der Waals surface area contributed by atoms with Gasteiger partial charge in [-0.15, -0.1) is 0 Å². The van der Waals surface area contributed by atoms with E-state index in [0.29, 0.717) is 14.5 Å². The van der Waals surface area contributed by atoms with E-state index >= 15 is 0 Å². The zero-order chi connectivity index (χ0) is 27.3. The molecule has 0 bridgehead atoms. The molecule has 2 rings (SSSR count). The number of halogens is 1. The molecule has 0 spiro atoms. The van der Waals surface area contributed by atoms with E-state index < -0.39 is 35.3 Å². The highest BCUT2D eigenvalue weighted by molar-refractivity contribution is 14.1. The SMILES string of the molecule is CCOC(=O)/C=C/CCN(C(=O)OC(C)(C)C)C(=O)c1c(I)c2ccccc2n1C(=O)OC(C)(C)C. The summed E-state index contributed by atoms with van der Waals surface area (Å²) in [6, 6.07) is 7.04. The standard InChI is InChI=1S/C26H33IN2O7/c1-8-34-19(30)15-11-12-16-28(23(32)35-25(2,3)4)22(31)21-20(27)17-13-9-10-14-18(17)29(21)24(33)36-26(5,6)7/h9-11,13-15H,8,12,16H2,1-7H3/b15-11+. The van der Waals surface area contributed by atoms with E-state index in [-0.39, 0.29) is 25.3 Å². The van der Waals surface area contributed by atoms with Crippen LogP contribution in [0.5, 0.6) is 0 Å². The number of rotatable bonds is 6. The molecule has 196 valence electrons. The molecule has 0 N–H and O–H groups in total. The molecular formula is C26H33IN2O7. The Hall–Kier alpha value is -2.89. The predicted octanol–water partition coefficient (Wildman–Crippen LogP) is 5.92. The highest BCUT2D eigenvalue weighted by Gasteiger charge is 2.34. The number of para-hydroxylation sites is 1. The van der Waals surface area contributed by atoms with Gasteiger partial charge in [0.1, 0.15) is 16.9 Å². The highest BCUT2D eigenvalue weighted by atomic mass is 127. The molecule has 1 aromatic carbocycles. The minimum absolute atomic E-state index is 0.00807. The van der Waals surface area contributed by atoms with Crippen molar-refractivity contribution in [3.05, 3.63) is 45.7 Å². The lowest BCUT2D eigenvalue weighted by molar-refractivity contribution is -0.137. The minimum Gasteiger partial charge on any atom is -0.463 e. The fourth-order valence-electron chi connectivity index (χ4n) is 3.18. The first-order chi connectivity index (χ1) is 16.7. The first kappa shape index (κ1) is 29.3. The Morgan fingerprint density at radius 3 is 2.19 bits per heavy atom. The number of hydrogen-bond donors (Lipinski definition) is 0. The largest absolute Gasteiger partial charge is 0.463 e. The van der Waals surface area contributed by atoms with Crippen LogP contribution in [0.25, 0.3) is 10.9 Å². The van der Waals surface area contributed by atoms with Crippen LogP contribution in [-0.2, 0) is 19.0 Å². The van der Waals surface area contributed by atoms with Gasteiger partial charge in [-0.25, -0.2) is 23.9 Å². The van der Waals surface area contributed by atoms with Gasteiger partial charge >= 0.3 is 18.2 Å². The van der Waals surface area contributed by atoms with E-state index in [9.17, 15) is 19.2 Å². The molecule has 2 amide bonds. The summed E-state index contributed by atoms with van der Waals surface area (Å²) < 4.78 is 17.6. The third-order valence-corrected chi connectivity index (χ3v) is 5.60. The van der Waals surface area contributed by atoms with Gasteiger partial charge in [0, 0.05) is 18.0 Å². The maximum atomic E-state index is 13.9. The van der Waals surface area contributed by atoms with Gasteiger partial charge in [-0.3, -0.25) is 4.79 Å². The van der Waals surface area contributed by atoms with Crippen LogP contribution in [-0.4, -0.2) is 57.9 Å². The second-order valence-electron chi connectivity index (χ2n) is 9.88. The third kappa shape index (κ3) is 7.81. The zero-order valence-corrected chi connectivity index (χ0v) is 23.9. The number of carbonyl (C=O) groups excluding carboxylic acids is 4. The van der Waals surface area contributed by atoms with Crippen LogP contribution in [0.15, 0.2) is 36.4 Å². The van der Waals surface area contributed by atoms with Crippen molar-refractivity contribution in [3.8, 4) is 0 Å². The number of aromatic nitrogens is 1. The quantitative estimate of drug-likeness (QED) is 0.173. The number of carbonyl (C=O) groups is 4.